The number of aromatic nitrogens is 2. The van der Waals surface area contributed by atoms with E-state index in [-0.39, 0.29) is 18.4 Å². The summed E-state index contributed by atoms with van der Waals surface area (Å²) in [5.74, 6) is -0.0877. The van der Waals surface area contributed by atoms with Gasteiger partial charge in [-0.1, -0.05) is 12.1 Å². The molecule has 1 aliphatic rings. The van der Waals surface area contributed by atoms with Gasteiger partial charge in [-0.25, -0.2) is 0 Å². The van der Waals surface area contributed by atoms with Crippen LogP contribution in [-0.4, -0.2) is 39.6 Å². The number of carbonyl (C=O) groups excluding carboxylic acids is 2. The molecular formula is C17H20N4O2. The first-order valence-electron chi connectivity index (χ1n) is 7.85. The summed E-state index contributed by atoms with van der Waals surface area (Å²) < 4.78 is 1.83. The molecule has 2 aromatic rings. The Kier molecular flexibility index (Phi) is 4.71. The van der Waals surface area contributed by atoms with Gasteiger partial charge >= 0.3 is 0 Å². The highest BCUT2D eigenvalue weighted by Gasteiger charge is 2.20. The molecule has 0 unspecified atom stereocenters. The summed E-state index contributed by atoms with van der Waals surface area (Å²) in [6, 6.07) is 9.55. The Hall–Kier alpha value is -2.63. The molecule has 1 aliphatic heterocycles. The Labute approximate surface area is 135 Å². The molecule has 0 radical (unpaired) electrons. The predicted molar refractivity (Wildman–Crippen MR) is 86.8 cm³/mol. The number of rotatable bonds is 5. The summed E-state index contributed by atoms with van der Waals surface area (Å²) in [5.41, 5.74) is 1.80. The number of anilines is 1. The number of piperidine rings is 1. The molecule has 0 atom stereocenters. The highest BCUT2D eigenvalue weighted by Crippen LogP contribution is 2.13. The molecule has 1 saturated heterocycles. The fourth-order valence-electron chi connectivity index (χ4n) is 2.73. The zero-order valence-electron chi connectivity index (χ0n) is 12.9. The molecule has 23 heavy (non-hydrogen) atoms. The van der Waals surface area contributed by atoms with Crippen LogP contribution >= 0.6 is 0 Å². The summed E-state index contributed by atoms with van der Waals surface area (Å²) in [7, 11) is 0. The molecule has 1 fully saturated rings. The number of amides is 2. The van der Waals surface area contributed by atoms with E-state index < -0.39 is 0 Å². The smallest absolute Gasteiger partial charge is 0.243 e. The number of nitrogens with zero attached hydrogens (tertiary/aromatic N) is 3. The fourth-order valence-corrected chi connectivity index (χ4v) is 2.73. The summed E-state index contributed by atoms with van der Waals surface area (Å²) in [6.07, 6.45) is 6.08. The molecule has 6 heteroatoms. The van der Waals surface area contributed by atoms with Crippen molar-refractivity contribution < 1.29 is 9.59 Å². The number of nitrogens with one attached hydrogen (secondary N) is 1. The van der Waals surface area contributed by atoms with Gasteiger partial charge in [-0.2, -0.15) is 5.10 Å². The van der Waals surface area contributed by atoms with E-state index in [1.165, 1.54) is 0 Å². The first-order valence-corrected chi connectivity index (χ1v) is 7.85. The van der Waals surface area contributed by atoms with Crippen LogP contribution in [-0.2, 0) is 16.1 Å². The monoisotopic (exact) mass is 312 g/mol. The van der Waals surface area contributed by atoms with Crippen molar-refractivity contribution in [3.63, 3.8) is 0 Å². The van der Waals surface area contributed by atoms with Crippen LogP contribution in [0, 0.1) is 0 Å². The zero-order valence-corrected chi connectivity index (χ0v) is 12.9. The normalized spacial score (nSPS) is 14.8. The van der Waals surface area contributed by atoms with Crippen molar-refractivity contribution in [3.8, 4) is 0 Å². The van der Waals surface area contributed by atoms with Crippen molar-refractivity contribution in [2.45, 2.75) is 25.8 Å². The fraction of sp³-hybridized carbons (Fsp3) is 0.353. The van der Waals surface area contributed by atoms with Crippen molar-refractivity contribution in [2.75, 3.05) is 18.4 Å². The second-order valence-electron chi connectivity index (χ2n) is 5.72. The highest BCUT2D eigenvalue weighted by molar-refractivity contribution is 5.94. The Morgan fingerprint density at radius 3 is 2.96 bits per heavy atom. The van der Waals surface area contributed by atoms with E-state index >= 15 is 0 Å². The van der Waals surface area contributed by atoms with Gasteiger partial charge < -0.3 is 10.2 Å². The standard InChI is InChI=1S/C17H20N4O2/c22-16(13-20-9-2-1-7-17(20)23)19-15-6-3-5-14(11-15)12-21-10-4-8-18-21/h3-6,8,10-11H,1-2,7,9,12-13H2,(H,19,22). The van der Waals surface area contributed by atoms with Crippen LogP contribution in [0.4, 0.5) is 5.69 Å². The molecule has 120 valence electrons. The molecule has 2 amide bonds. The first kappa shape index (κ1) is 15.3. The minimum Gasteiger partial charge on any atom is -0.333 e. The molecule has 1 aromatic carbocycles. The van der Waals surface area contributed by atoms with Crippen LogP contribution in [0.15, 0.2) is 42.7 Å². The van der Waals surface area contributed by atoms with E-state index in [0.717, 1.165) is 24.1 Å². The Morgan fingerprint density at radius 2 is 2.17 bits per heavy atom. The number of benzene rings is 1. The molecule has 0 saturated carbocycles. The topological polar surface area (TPSA) is 67.2 Å². The Bertz CT molecular complexity index is 682. The van der Waals surface area contributed by atoms with Gasteiger partial charge in [0.15, 0.2) is 0 Å². The lowest BCUT2D eigenvalue weighted by atomic mass is 10.1. The molecule has 0 aliphatic carbocycles. The largest absolute Gasteiger partial charge is 0.333 e. The maximum absolute atomic E-state index is 12.1. The molecule has 0 bridgehead atoms. The lowest BCUT2D eigenvalue weighted by Gasteiger charge is -2.26. The van der Waals surface area contributed by atoms with Gasteiger partial charge in [0.05, 0.1) is 13.1 Å². The van der Waals surface area contributed by atoms with E-state index in [1.807, 2.05) is 41.2 Å². The number of hydrogen-bond donors (Lipinski definition) is 1. The third kappa shape index (κ3) is 4.18. The SMILES string of the molecule is O=C(CN1CCCCC1=O)Nc1cccc(Cn2cccn2)c1. The minimum absolute atomic E-state index is 0.0684. The lowest BCUT2D eigenvalue weighted by Crippen LogP contribution is -2.40. The van der Waals surface area contributed by atoms with Crippen molar-refractivity contribution in [1.82, 2.24) is 14.7 Å². The van der Waals surface area contributed by atoms with Crippen molar-refractivity contribution in [3.05, 3.63) is 48.3 Å². The average Bonchev–Trinajstić information content (AvgIpc) is 3.03. The van der Waals surface area contributed by atoms with Gasteiger partial charge in [-0.3, -0.25) is 14.3 Å². The van der Waals surface area contributed by atoms with Crippen LogP contribution in [0.2, 0.25) is 0 Å². The van der Waals surface area contributed by atoms with Gasteiger partial charge in [0.25, 0.3) is 0 Å². The maximum atomic E-state index is 12.1. The predicted octanol–water partition coefficient (Wildman–Crippen LogP) is 1.88. The van der Waals surface area contributed by atoms with Gasteiger partial charge in [0.2, 0.25) is 11.8 Å². The Morgan fingerprint density at radius 1 is 1.26 bits per heavy atom. The zero-order chi connectivity index (χ0) is 16.1. The lowest BCUT2D eigenvalue weighted by molar-refractivity contribution is -0.136. The third-order valence-electron chi connectivity index (χ3n) is 3.87. The van der Waals surface area contributed by atoms with Crippen LogP contribution in [0.5, 0.6) is 0 Å². The number of carbonyl (C=O) groups is 2. The van der Waals surface area contributed by atoms with E-state index in [1.54, 1.807) is 11.1 Å². The summed E-state index contributed by atoms with van der Waals surface area (Å²) in [4.78, 5) is 25.5. The van der Waals surface area contributed by atoms with E-state index in [4.69, 9.17) is 0 Å². The Balaban J connectivity index is 1.58. The quantitative estimate of drug-likeness (QED) is 0.916. The molecule has 3 rings (SSSR count). The first-order chi connectivity index (χ1) is 11.2. The number of hydrogen-bond acceptors (Lipinski definition) is 3. The molecule has 1 N–H and O–H groups in total. The van der Waals surface area contributed by atoms with Crippen LogP contribution in [0.3, 0.4) is 0 Å². The molecule has 2 heterocycles. The van der Waals surface area contributed by atoms with Gasteiger partial charge in [-0.05, 0) is 36.6 Å². The van der Waals surface area contributed by atoms with E-state index in [0.29, 0.717) is 19.5 Å². The van der Waals surface area contributed by atoms with E-state index in [2.05, 4.69) is 10.4 Å². The average molecular weight is 312 g/mol. The summed E-state index contributed by atoms with van der Waals surface area (Å²) >= 11 is 0. The molecular weight excluding hydrogens is 292 g/mol. The maximum Gasteiger partial charge on any atom is 0.243 e. The van der Waals surface area contributed by atoms with Gasteiger partial charge in [0, 0.05) is 31.0 Å². The second-order valence-corrected chi connectivity index (χ2v) is 5.72. The van der Waals surface area contributed by atoms with Crippen LogP contribution in [0.25, 0.3) is 0 Å². The molecule has 1 aromatic heterocycles. The van der Waals surface area contributed by atoms with Gasteiger partial charge in [-0.15, -0.1) is 0 Å². The van der Waals surface area contributed by atoms with Gasteiger partial charge in [0.1, 0.15) is 0 Å². The molecule has 0 spiro atoms. The van der Waals surface area contributed by atoms with Crippen LogP contribution < -0.4 is 5.32 Å². The third-order valence-corrected chi connectivity index (χ3v) is 3.87. The summed E-state index contributed by atoms with van der Waals surface area (Å²) in [6.45, 7) is 1.45. The highest BCUT2D eigenvalue weighted by atomic mass is 16.2. The summed E-state index contributed by atoms with van der Waals surface area (Å²) in [5, 5.41) is 7.04. The van der Waals surface area contributed by atoms with Crippen molar-refractivity contribution in [2.24, 2.45) is 0 Å². The van der Waals surface area contributed by atoms with Crippen molar-refractivity contribution >= 4 is 17.5 Å². The molecule has 6 nitrogen and oxygen atoms in total. The number of likely N-dealkylation sites (tertiary alicyclic amines) is 1. The van der Waals surface area contributed by atoms with E-state index in [9.17, 15) is 9.59 Å². The van der Waals surface area contributed by atoms with Crippen LogP contribution in [0.1, 0.15) is 24.8 Å². The van der Waals surface area contributed by atoms with Crippen molar-refractivity contribution in [1.29, 1.82) is 0 Å². The minimum atomic E-state index is -0.156. The second kappa shape index (κ2) is 7.09.